The lowest BCUT2D eigenvalue weighted by Gasteiger charge is -2.32. The fourth-order valence-electron chi connectivity index (χ4n) is 2.73. The number of hydrogen-bond acceptors (Lipinski definition) is 4. The fourth-order valence-corrected chi connectivity index (χ4v) is 3.47. The second-order valence-corrected chi connectivity index (χ2v) is 8.41. The molecule has 0 amide bonds. The Morgan fingerprint density at radius 1 is 1.25 bits per heavy atom. The van der Waals surface area contributed by atoms with Crippen molar-refractivity contribution in [1.29, 1.82) is 0 Å². The van der Waals surface area contributed by atoms with Crippen molar-refractivity contribution in [3.8, 4) is 0 Å². The molecule has 1 fully saturated rings. The molecule has 134 valence electrons. The Labute approximate surface area is 152 Å². The minimum Gasteiger partial charge on any atom is -0.463 e. The molecule has 0 saturated heterocycles. The van der Waals surface area contributed by atoms with Crippen molar-refractivity contribution in [1.82, 2.24) is 0 Å². The van der Waals surface area contributed by atoms with Gasteiger partial charge in [0.2, 0.25) is 0 Å². The van der Waals surface area contributed by atoms with E-state index in [1.165, 1.54) is 12.8 Å². The van der Waals surface area contributed by atoms with Crippen LogP contribution in [0.15, 0.2) is 30.3 Å². The summed E-state index contributed by atoms with van der Waals surface area (Å²) in [6.45, 7) is 4.74. The second-order valence-electron chi connectivity index (χ2n) is 7.24. The van der Waals surface area contributed by atoms with Crippen LogP contribution in [0.4, 0.5) is 0 Å². The number of carbonyl (C=O) groups is 1. The number of ether oxygens (including phenoxy) is 2. The lowest BCUT2D eigenvalue weighted by Crippen LogP contribution is -2.34. The number of hydrogen-bond donors (Lipinski definition) is 1. The van der Waals surface area contributed by atoms with Crippen LogP contribution in [0.2, 0.25) is 0 Å². The van der Waals surface area contributed by atoms with Crippen LogP contribution in [-0.2, 0) is 14.3 Å². The lowest BCUT2D eigenvalue weighted by molar-refractivity contribution is -0.158. The minimum absolute atomic E-state index is 0.218. The van der Waals surface area contributed by atoms with Gasteiger partial charge in [-0.05, 0) is 18.4 Å². The third-order valence-electron chi connectivity index (χ3n) is 4.25. The van der Waals surface area contributed by atoms with Gasteiger partial charge in [-0.25, -0.2) is 4.79 Å². The van der Waals surface area contributed by atoms with Crippen LogP contribution in [0.3, 0.4) is 0 Å². The maximum absolute atomic E-state index is 12.0. The summed E-state index contributed by atoms with van der Waals surface area (Å²) in [6, 6.07) is 8.82. The maximum atomic E-state index is 12.0. The monoisotopic (exact) mass is 398 g/mol. The van der Waals surface area contributed by atoms with Crippen LogP contribution in [0.1, 0.15) is 51.2 Å². The van der Waals surface area contributed by atoms with E-state index in [-0.39, 0.29) is 18.1 Å². The Balaban J connectivity index is 1.78. The number of alkyl halides is 1. The summed E-state index contributed by atoms with van der Waals surface area (Å²) >= 11 is 3.69. The number of aliphatic hydroxyl groups is 1. The largest absolute Gasteiger partial charge is 0.463 e. The molecular weight excluding hydrogens is 372 g/mol. The highest BCUT2D eigenvalue weighted by atomic mass is 79.9. The Morgan fingerprint density at radius 3 is 2.58 bits per heavy atom. The molecule has 0 aliphatic heterocycles. The first kappa shape index (κ1) is 19.4. The quantitative estimate of drug-likeness (QED) is 0.556. The number of halogens is 1. The van der Waals surface area contributed by atoms with Gasteiger partial charge in [0, 0.05) is 10.2 Å². The van der Waals surface area contributed by atoms with Crippen molar-refractivity contribution in [2.24, 2.45) is 5.41 Å². The van der Waals surface area contributed by atoms with Crippen molar-refractivity contribution in [2.75, 3.05) is 13.2 Å². The topological polar surface area (TPSA) is 55.8 Å². The van der Waals surface area contributed by atoms with E-state index in [1.807, 2.05) is 19.9 Å². The molecule has 3 atom stereocenters. The zero-order valence-corrected chi connectivity index (χ0v) is 16.0. The number of rotatable bonds is 7. The van der Waals surface area contributed by atoms with Crippen molar-refractivity contribution < 1.29 is 19.4 Å². The first-order valence-electron chi connectivity index (χ1n) is 8.54. The molecule has 5 heteroatoms. The van der Waals surface area contributed by atoms with Crippen LogP contribution in [0, 0.1) is 5.41 Å². The molecule has 2 rings (SSSR count). The highest BCUT2D eigenvalue weighted by Gasteiger charge is 2.28. The van der Waals surface area contributed by atoms with Gasteiger partial charge in [-0.15, -0.1) is 0 Å². The molecule has 0 spiro atoms. The van der Waals surface area contributed by atoms with Crippen molar-refractivity contribution >= 4 is 21.9 Å². The van der Waals surface area contributed by atoms with E-state index in [4.69, 9.17) is 9.47 Å². The molecule has 0 aromatic heterocycles. The summed E-state index contributed by atoms with van der Waals surface area (Å²) in [5.74, 6) is -0.620. The van der Waals surface area contributed by atoms with Crippen LogP contribution in [0.5, 0.6) is 0 Å². The summed E-state index contributed by atoms with van der Waals surface area (Å²) < 4.78 is 11.3. The molecule has 0 unspecified atom stereocenters. The van der Waals surface area contributed by atoms with E-state index in [2.05, 4.69) is 15.9 Å². The summed E-state index contributed by atoms with van der Waals surface area (Å²) in [7, 11) is 0. The number of esters is 1. The van der Waals surface area contributed by atoms with E-state index in [0.29, 0.717) is 17.0 Å². The Hall–Kier alpha value is -0.910. The molecule has 24 heavy (non-hydrogen) atoms. The van der Waals surface area contributed by atoms with Crippen molar-refractivity contribution in [2.45, 2.75) is 56.6 Å². The highest BCUT2D eigenvalue weighted by Crippen LogP contribution is 2.29. The molecule has 0 radical (unpaired) electrons. The van der Waals surface area contributed by atoms with E-state index in [0.717, 1.165) is 12.8 Å². The van der Waals surface area contributed by atoms with Crippen LogP contribution in [0.25, 0.3) is 0 Å². The molecule has 1 aromatic rings. The SMILES string of the molecule is CC(C)(COC(=O)[C@H](O)c1ccccc1)CO[C@@H]1CCCC[C@H]1Br. The zero-order chi connectivity index (χ0) is 17.6. The number of aliphatic hydroxyl groups excluding tert-OH is 1. The predicted molar refractivity (Wildman–Crippen MR) is 97.1 cm³/mol. The van der Waals surface area contributed by atoms with E-state index < -0.39 is 12.1 Å². The fraction of sp³-hybridized carbons (Fsp3) is 0.632. The van der Waals surface area contributed by atoms with E-state index in [9.17, 15) is 9.90 Å². The Morgan fingerprint density at radius 2 is 1.92 bits per heavy atom. The minimum atomic E-state index is -1.24. The summed E-state index contributed by atoms with van der Waals surface area (Å²) in [6.07, 6.45) is 3.64. The summed E-state index contributed by atoms with van der Waals surface area (Å²) in [5, 5.41) is 10.0. The number of carbonyl (C=O) groups excluding carboxylic acids is 1. The van der Waals surface area contributed by atoms with E-state index >= 15 is 0 Å². The predicted octanol–water partition coefficient (Wildman–Crippen LogP) is 4.01. The molecule has 1 aromatic carbocycles. The van der Waals surface area contributed by atoms with Crippen LogP contribution < -0.4 is 0 Å². The van der Waals surface area contributed by atoms with Gasteiger partial charge in [-0.1, -0.05) is 73.0 Å². The van der Waals surface area contributed by atoms with Gasteiger partial charge in [-0.2, -0.15) is 0 Å². The second kappa shape index (κ2) is 8.97. The van der Waals surface area contributed by atoms with Gasteiger partial charge < -0.3 is 14.6 Å². The third-order valence-corrected chi connectivity index (χ3v) is 5.30. The summed E-state index contributed by atoms with van der Waals surface area (Å²) in [5.41, 5.74) is 0.247. The average Bonchev–Trinajstić information content (AvgIpc) is 2.59. The third kappa shape index (κ3) is 5.87. The lowest BCUT2D eigenvalue weighted by atomic mass is 9.94. The van der Waals surface area contributed by atoms with Gasteiger partial charge in [0.1, 0.15) is 0 Å². The molecule has 0 heterocycles. The van der Waals surface area contributed by atoms with E-state index in [1.54, 1.807) is 24.3 Å². The Kier molecular flexibility index (Phi) is 7.26. The Bertz CT molecular complexity index is 517. The molecule has 0 bridgehead atoms. The van der Waals surface area contributed by atoms with Gasteiger partial charge in [0.15, 0.2) is 6.10 Å². The molecule has 1 aliphatic rings. The molecule has 1 N–H and O–H groups in total. The zero-order valence-electron chi connectivity index (χ0n) is 14.4. The van der Waals surface area contributed by atoms with Gasteiger partial charge >= 0.3 is 5.97 Å². The number of benzene rings is 1. The van der Waals surface area contributed by atoms with Gasteiger partial charge in [0.25, 0.3) is 0 Å². The standard InChI is InChI=1S/C19H27BrO4/c1-19(2,12-23-16-11-7-6-10-15(16)20)13-24-18(22)17(21)14-8-4-3-5-9-14/h3-5,8-9,15-17,21H,6-7,10-13H2,1-2H3/t15-,16-,17-/m1/s1. The average molecular weight is 399 g/mol. The highest BCUT2D eigenvalue weighted by molar-refractivity contribution is 9.09. The van der Waals surface area contributed by atoms with Crippen LogP contribution in [-0.4, -0.2) is 35.2 Å². The van der Waals surface area contributed by atoms with Gasteiger partial charge in [0.05, 0.1) is 19.3 Å². The first-order chi connectivity index (χ1) is 11.4. The molecule has 1 aliphatic carbocycles. The molecule has 1 saturated carbocycles. The summed E-state index contributed by atoms with van der Waals surface area (Å²) in [4.78, 5) is 12.4. The maximum Gasteiger partial charge on any atom is 0.339 e. The van der Waals surface area contributed by atoms with Gasteiger partial charge in [-0.3, -0.25) is 0 Å². The first-order valence-corrected chi connectivity index (χ1v) is 9.46. The van der Waals surface area contributed by atoms with Crippen molar-refractivity contribution in [3.05, 3.63) is 35.9 Å². The smallest absolute Gasteiger partial charge is 0.339 e. The van der Waals surface area contributed by atoms with Crippen molar-refractivity contribution in [3.63, 3.8) is 0 Å². The van der Waals surface area contributed by atoms with Crippen LogP contribution >= 0.6 is 15.9 Å². The molecule has 4 nitrogen and oxygen atoms in total. The normalized spacial score (nSPS) is 22.8. The molecular formula is C19H27BrO4.